The Hall–Kier alpha value is -1.84. The summed E-state index contributed by atoms with van der Waals surface area (Å²) in [5, 5.41) is 3.75. The second kappa shape index (κ2) is 7.82. The molecule has 0 atom stereocenters. The monoisotopic (exact) mass is 343 g/mol. The van der Waals surface area contributed by atoms with Gasteiger partial charge in [-0.1, -0.05) is 60.1 Å². The van der Waals surface area contributed by atoms with E-state index in [1.807, 2.05) is 30.3 Å². The van der Waals surface area contributed by atoms with E-state index in [4.69, 9.17) is 16.3 Å². The molecule has 1 aliphatic heterocycles. The third kappa shape index (κ3) is 3.97. The molecule has 0 saturated carbocycles. The lowest BCUT2D eigenvalue weighted by Crippen LogP contribution is -2.45. The summed E-state index contributed by atoms with van der Waals surface area (Å²) in [4.78, 5) is 12.4. The molecule has 1 fully saturated rings. The topological polar surface area (TPSA) is 38.3 Å². The zero-order valence-corrected chi connectivity index (χ0v) is 14.4. The molecule has 1 N–H and O–H groups in total. The molecule has 0 aromatic heterocycles. The Morgan fingerprint density at radius 3 is 2.42 bits per heavy atom. The van der Waals surface area contributed by atoms with Gasteiger partial charge in [-0.25, -0.2) is 0 Å². The lowest BCUT2D eigenvalue weighted by Gasteiger charge is -2.38. The summed E-state index contributed by atoms with van der Waals surface area (Å²) >= 11 is 6.14. The van der Waals surface area contributed by atoms with Crippen LogP contribution in [-0.2, 0) is 21.4 Å². The van der Waals surface area contributed by atoms with E-state index in [2.05, 4.69) is 29.6 Å². The molecule has 1 heterocycles. The quantitative estimate of drug-likeness (QED) is 0.898. The molecule has 0 radical (unpaired) electrons. The molecular formula is C20H22ClNO2. The van der Waals surface area contributed by atoms with E-state index >= 15 is 0 Å². The standard InChI is InChI=1S/C20H22ClNO2/c21-18-9-5-4-6-16(18)14-19(23)22-15-20(10-12-24-13-11-20)17-7-2-1-3-8-17/h1-9H,10-15H2,(H,22,23). The number of ether oxygens (including phenoxy) is 1. The highest BCUT2D eigenvalue weighted by atomic mass is 35.5. The smallest absolute Gasteiger partial charge is 0.224 e. The highest BCUT2D eigenvalue weighted by molar-refractivity contribution is 6.31. The average molecular weight is 344 g/mol. The molecule has 1 amide bonds. The van der Waals surface area contributed by atoms with E-state index in [0.717, 1.165) is 31.6 Å². The van der Waals surface area contributed by atoms with Gasteiger partial charge in [-0.2, -0.15) is 0 Å². The number of hydrogen-bond acceptors (Lipinski definition) is 2. The van der Waals surface area contributed by atoms with Crippen LogP contribution in [0.25, 0.3) is 0 Å². The van der Waals surface area contributed by atoms with Crippen LogP contribution in [0.15, 0.2) is 54.6 Å². The molecule has 0 spiro atoms. The van der Waals surface area contributed by atoms with Crippen LogP contribution in [0, 0.1) is 0 Å². The van der Waals surface area contributed by atoms with E-state index in [1.54, 1.807) is 0 Å². The third-order valence-corrected chi connectivity index (χ3v) is 5.14. The van der Waals surface area contributed by atoms with Gasteiger partial charge in [0.1, 0.15) is 0 Å². The van der Waals surface area contributed by atoms with Crippen molar-refractivity contribution in [3.63, 3.8) is 0 Å². The minimum atomic E-state index is -0.0460. The van der Waals surface area contributed by atoms with Crippen LogP contribution in [0.2, 0.25) is 5.02 Å². The second-order valence-corrected chi connectivity index (χ2v) is 6.71. The number of carbonyl (C=O) groups excluding carboxylic acids is 1. The Labute approximate surface area is 148 Å². The first-order valence-corrected chi connectivity index (χ1v) is 8.71. The zero-order valence-electron chi connectivity index (χ0n) is 13.6. The number of carbonyl (C=O) groups is 1. The van der Waals surface area contributed by atoms with Gasteiger partial charge >= 0.3 is 0 Å². The van der Waals surface area contributed by atoms with Crippen molar-refractivity contribution in [2.45, 2.75) is 24.7 Å². The number of nitrogens with one attached hydrogen (secondary N) is 1. The largest absolute Gasteiger partial charge is 0.381 e. The van der Waals surface area contributed by atoms with E-state index < -0.39 is 0 Å². The molecule has 3 nitrogen and oxygen atoms in total. The molecule has 0 unspecified atom stereocenters. The summed E-state index contributed by atoms with van der Waals surface area (Å²) in [5.74, 6) is 0.00454. The minimum Gasteiger partial charge on any atom is -0.381 e. The molecule has 0 bridgehead atoms. The van der Waals surface area contributed by atoms with Crippen molar-refractivity contribution in [1.82, 2.24) is 5.32 Å². The van der Waals surface area contributed by atoms with Crippen molar-refractivity contribution in [3.05, 3.63) is 70.7 Å². The minimum absolute atomic E-state index is 0.00454. The molecule has 1 saturated heterocycles. The van der Waals surface area contributed by atoms with Crippen molar-refractivity contribution >= 4 is 17.5 Å². The molecule has 126 valence electrons. The predicted molar refractivity (Wildman–Crippen MR) is 96.3 cm³/mol. The van der Waals surface area contributed by atoms with Crippen molar-refractivity contribution in [3.8, 4) is 0 Å². The third-order valence-electron chi connectivity index (χ3n) is 4.77. The zero-order chi connectivity index (χ0) is 16.8. The van der Waals surface area contributed by atoms with E-state index in [9.17, 15) is 4.79 Å². The van der Waals surface area contributed by atoms with Crippen LogP contribution in [0.4, 0.5) is 0 Å². The Balaban J connectivity index is 1.68. The first kappa shape index (κ1) is 17.0. The summed E-state index contributed by atoms with van der Waals surface area (Å²) in [6.07, 6.45) is 2.15. The van der Waals surface area contributed by atoms with Crippen molar-refractivity contribution in [2.75, 3.05) is 19.8 Å². The van der Waals surface area contributed by atoms with E-state index in [0.29, 0.717) is 18.0 Å². The molecule has 0 aliphatic carbocycles. The summed E-state index contributed by atoms with van der Waals surface area (Å²) in [7, 11) is 0. The first-order chi connectivity index (χ1) is 11.7. The van der Waals surface area contributed by atoms with Gasteiger partial charge in [0.25, 0.3) is 0 Å². The molecule has 1 aliphatic rings. The number of halogens is 1. The Bertz CT molecular complexity index is 681. The highest BCUT2D eigenvalue weighted by Crippen LogP contribution is 2.34. The lowest BCUT2D eigenvalue weighted by atomic mass is 9.74. The van der Waals surface area contributed by atoms with Crippen LogP contribution < -0.4 is 5.32 Å². The lowest BCUT2D eigenvalue weighted by molar-refractivity contribution is -0.120. The molecule has 2 aromatic carbocycles. The Kier molecular flexibility index (Phi) is 5.54. The van der Waals surface area contributed by atoms with E-state index in [-0.39, 0.29) is 11.3 Å². The normalized spacial score (nSPS) is 16.5. The van der Waals surface area contributed by atoms with E-state index in [1.165, 1.54) is 5.56 Å². The predicted octanol–water partition coefficient (Wildman–Crippen LogP) is 3.75. The van der Waals surface area contributed by atoms with Crippen LogP contribution >= 0.6 is 11.6 Å². The van der Waals surface area contributed by atoms with Crippen LogP contribution in [-0.4, -0.2) is 25.7 Å². The van der Waals surface area contributed by atoms with Gasteiger partial charge in [0, 0.05) is 30.2 Å². The fourth-order valence-electron chi connectivity index (χ4n) is 3.27. The Morgan fingerprint density at radius 1 is 1.04 bits per heavy atom. The van der Waals surface area contributed by atoms with Gasteiger partial charge in [0.05, 0.1) is 6.42 Å². The summed E-state index contributed by atoms with van der Waals surface area (Å²) in [5.41, 5.74) is 2.08. The second-order valence-electron chi connectivity index (χ2n) is 6.30. The van der Waals surface area contributed by atoms with Crippen molar-refractivity contribution < 1.29 is 9.53 Å². The van der Waals surface area contributed by atoms with Gasteiger partial charge in [0.15, 0.2) is 0 Å². The van der Waals surface area contributed by atoms with Gasteiger partial charge < -0.3 is 10.1 Å². The maximum atomic E-state index is 12.4. The SMILES string of the molecule is O=C(Cc1ccccc1Cl)NCC1(c2ccccc2)CCOCC1. The van der Waals surface area contributed by atoms with Crippen molar-refractivity contribution in [1.29, 1.82) is 0 Å². The van der Waals surface area contributed by atoms with Crippen molar-refractivity contribution in [2.24, 2.45) is 0 Å². The molecule has 3 rings (SSSR count). The molecule has 2 aromatic rings. The molecule has 24 heavy (non-hydrogen) atoms. The molecule has 4 heteroatoms. The highest BCUT2D eigenvalue weighted by Gasteiger charge is 2.34. The fraction of sp³-hybridized carbons (Fsp3) is 0.350. The number of hydrogen-bond donors (Lipinski definition) is 1. The summed E-state index contributed by atoms with van der Waals surface area (Å²) < 4.78 is 5.53. The Morgan fingerprint density at radius 2 is 1.71 bits per heavy atom. The number of amides is 1. The van der Waals surface area contributed by atoms with Gasteiger partial charge in [0.2, 0.25) is 5.91 Å². The van der Waals surface area contributed by atoms with Gasteiger partial charge in [-0.3, -0.25) is 4.79 Å². The number of benzene rings is 2. The fourth-order valence-corrected chi connectivity index (χ4v) is 3.47. The maximum Gasteiger partial charge on any atom is 0.224 e. The van der Waals surface area contributed by atoms with Crippen LogP contribution in [0.5, 0.6) is 0 Å². The number of rotatable bonds is 5. The first-order valence-electron chi connectivity index (χ1n) is 8.33. The molecular weight excluding hydrogens is 322 g/mol. The van der Waals surface area contributed by atoms with Crippen LogP contribution in [0.3, 0.4) is 0 Å². The maximum absolute atomic E-state index is 12.4. The summed E-state index contributed by atoms with van der Waals surface area (Å²) in [6.45, 7) is 2.09. The summed E-state index contributed by atoms with van der Waals surface area (Å²) in [6, 6.07) is 17.9. The van der Waals surface area contributed by atoms with Gasteiger partial charge in [-0.05, 0) is 30.0 Å². The van der Waals surface area contributed by atoms with Gasteiger partial charge in [-0.15, -0.1) is 0 Å². The van der Waals surface area contributed by atoms with Crippen LogP contribution in [0.1, 0.15) is 24.0 Å². The average Bonchev–Trinajstić information content (AvgIpc) is 2.63.